The highest BCUT2D eigenvalue weighted by Gasteiger charge is 2.06. The molecule has 124 valence electrons. The third-order valence-electron chi connectivity index (χ3n) is 3.20. The monoisotopic (exact) mass is 397 g/mol. The largest absolute Gasteiger partial charge is 0.433 e. The Labute approximate surface area is 143 Å². The summed E-state index contributed by atoms with van der Waals surface area (Å²) < 4.78 is 42.3. The van der Waals surface area contributed by atoms with Crippen LogP contribution in [-0.2, 0) is 6.54 Å². The van der Waals surface area contributed by atoms with Gasteiger partial charge in [-0.3, -0.25) is 4.98 Å². The Morgan fingerprint density at radius 2 is 2.00 bits per heavy atom. The van der Waals surface area contributed by atoms with Crippen molar-refractivity contribution in [3.8, 4) is 5.75 Å². The number of anilines is 1. The lowest BCUT2D eigenvalue weighted by Crippen LogP contribution is -2.05. The molecule has 3 rings (SSSR count). The number of alkyl halides is 2. The van der Waals surface area contributed by atoms with Gasteiger partial charge in [-0.1, -0.05) is 0 Å². The number of hydrogen-bond donors (Lipinski definition) is 1. The van der Waals surface area contributed by atoms with Crippen LogP contribution in [-0.4, -0.2) is 16.6 Å². The SMILES string of the molecule is Fc1cc2nc(NCc3ccc(OC(F)F)cn3)ccc2cc1Br. The molecule has 1 N–H and O–H groups in total. The molecule has 2 heterocycles. The summed E-state index contributed by atoms with van der Waals surface area (Å²) in [6.07, 6.45) is 1.23. The molecular weight excluding hydrogens is 387 g/mol. The average molecular weight is 398 g/mol. The third-order valence-corrected chi connectivity index (χ3v) is 3.81. The molecule has 0 aliphatic carbocycles. The first kappa shape index (κ1) is 16.5. The number of fused-ring (bicyclic) bond motifs is 1. The summed E-state index contributed by atoms with van der Waals surface area (Å²) in [6.45, 7) is -2.54. The van der Waals surface area contributed by atoms with Gasteiger partial charge in [-0.05, 0) is 46.3 Å². The van der Waals surface area contributed by atoms with Crippen LogP contribution < -0.4 is 10.1 Å². The number of hydrogen-bond acceptors (Lipinski definition) is 4. The van der Waals surface area contributed by atoms with Gasteiger partial charge in [-0.2, -0.15) is 8.78 Å². The molecular formula is C16H11BrF3N3O. The smallest absolute Gasteiger partial charge is 0.387 e. The van der Waals surface area contributed by atoms with Gasteiger partial charge in [0.15, 0.2) is 0 Å². The molecule has 0 aliphatic rings. The van der Waals surface area contributed by atoms with Gasteiger partial charge in [0.1, 0.15) is 17.4 Å². The first-order chi connectivity index (χ1) is 11.5. The molecule has 0 saturated heterocycles. The van der Waals surface area contributed by atoms with E-state index in [1.54, 1.807) is 18.2 Å². The molecule has 0 bridgehead atoms. The van der Waals surface area contributed by atoms with Crippen LogP contribution in [0, 0.1) is 5.82 Å². The Balaban J connectivity index is 1.70. The molecule has 0 spiro atoms. The summed E-state index contributed by atoms with van der Waals surface area (Å²) in [5, 5.41) is 3.86. The zero-order valence-corrected chi connectivity index (χ0v) is 13.7. The van der Waals surface area contributed by atoms with Crippen molar-refractivity contribution >= 4 is 32.7 Å². The van der Waals surface area contributed by atoms with Crippen molar-refractivity contribution in [1.29, 1.82) is 0 Å². The second-order valence-corrected chi connectivity index (χ2v) is 5.73. The van der Waals surface area contributed by atoms with E-state index in [-0.39, 0.29) is 11.6 Å². The molecule has 1 aromatic carbocycles. The Kier molecular flexibility index (Phi) is 4.84. The van der Waals surface area contributed by atoms with E-state index in [1.165, 1.54) is 18.3 Å². The fraction of sp³-hybridized carbons (Fsp3) is 0.125. The van der Waals surface area contributed by atoms with Gasteiger partial charge in [-0.15, -0.1) is 0 Å². The van der Waals surface area contributed by atoms with E-state index >= 15 is 0 Å². The van der Waals surface area contributed by atoms with E-state index in [0.717, 1.165) is 5.39 Å². The molecule has 4 nitrogen and oxygen atoms in total. The number of nitrogens with zero attached hydrogens (tertiary/aromatic N) is 2. The van der Waals surface area contributed by atoms with Gasteiger partial charge in [0.05, 0.1) is 28.4 Å². The molecule has 0 saturated carbocycles. The van der Waals surface area contributed by atoms with E-state index < -0.39 is 6.61 Å². The van der Waals surface area contributed by atoms with E-state index in [0.29, 0.717) is 28.0 Å². The first-order valence-electron chi connectivity index (χ1n) is 6.91. The van der Waals surface area contributed by atoms with Gasteiger partial charge in [0.2, 0.25) is 0 Å². The van der Waals surface area contributed by atoms with Crippen LogP contribution in [0.5, 0.6) is 5.75 Å². The Morgan fingerprint density at radius 3 is 2.71 bits per heavy atom. The molecule has 3 aromatic rings. The Morgan fingerprint density at radius 1 is 1.17 bits per heavy atom. The maximum atomic E-state index is 13.6. The lowest BCUT2D eigenvalue weighted by atomic mass is 10.2. The van der Waals surface area contributed by atoms with Crippen molar-refractivity contribution < 1.29 is 17.9 Å². The van der Waals surface area contributed by atoms with Crippen LogP contribution in [0.1, 0.15) is 5.69 Å². The Bertz CT molecular complexity index is 859. The number of benzene rings is 1. The molecule has 0 aliphatic heterocycles. The lowest BCUT2D eigenvalue weighted by molar-refractivity contribution is -0.0500. The molecule has 0 unspecified atom stereocenters. The minimum atomic E-state index is -2.88. The summed E-state index contributed by atoms with van der Waals surface area (Å²) in [4.78, 5) is 8.35. The van der Waals surface area contributed by atoms with Crippen molar-refractivity contribution in [2.75, 3.05) is 5.32 Å². The molecule has 0 atom stereocenters. The van der Waals surface area contributed by atoms with Crippen LogP contribution in [0.25, 0.3) is 10.9 Å². The van der Waals surface area contributed by atoms with Gasteiger partial charge >= 0.3 is 6.61 Å². The van der Waals surface area contributed by atoms with Crippen LogP contribution in [0.3, 0.4) is 0 Å². The van der Waals surface area contributed by atoms with Gasteiger partial charge in [0, 0.05) is 11.5 Å². The van der Waals surface area contributed by atoms with Gasteiger partial charge < -0.3 is 10.1 Å². The fourth-order valence-corrected chi connectivity index (χ4v) is 2.45. The van der Waals surface area contributed by atoms with Crippen LogP contribution in [0.4, 0.5) is 19.0 Å². The molecule has 0 fully saturated rings. The average Bonchev–Trinajstić information content (AvgIpc) is 2.55. The summed E-state index contributed by atoms with van der Waals surface area (Å²) in [5.41, 5.74) is 1.15. The molecule has 2 aromatic heterocycles. The number of pyridine rings is 2. The predicted molar refractivity (Wildman–Crippen MR) is 87.6 cm³/mol. The molecule has 0 radical (unpaired) electrons. The maximum absolute atomic E-state index is 13.6. The summed E-state index contributed by atoms with van der Waals surface area (Å²) >= 11 is 3.13. The third kappa shape index (κ3) is 3.94. The zero-order valence-electron chi connectivity index (χ0n) is 12.1. The van der Waals surface area contributed by atoms with E-state index in [2.05, 4.69) is 36.0 Å². The van der Waals surface area contributed by atoms with Gasteiger partial charge in [0.25, 0.3) is 0 Å². The summed E-state index contributed by atoms with van der Waals surface area (Å²) in [6, 6.07) is 9.58. The van der Waals surface area contributed by atoms with Crippen molar-refractivity contribution in [3.05, 3.63) is 58.6 Å². The standard InChI is InChI=1S/C16H11BrF3N3O/c17-12-5-9-1-4-15(23-14(9)6-13(12)18)22-7-10-2-3-11(8-21-10)24-16(19)20/h1-6,8,16H,7H2,(H,22,23). The van der Waals surface area contributed by atoms with Crippen molar-refractivity contribution in [1.82, 2.24) is 9.97 Å². The molecule has 24 heavy (non-hydrogen) atoms. The van der Waals surface area contributed by atoms with Crippen molar-refractivity contribution in [2.45, 2.75) is 13.2 Å². The van der Waals surface area contributed by atoms with E-state index in [4.69, 9.17) is 0 Å². The Hall–Kier alpha value is -2.35. The number of nitrogens with one attached hydrogen (secondary N) is 1. The lowest BCUT2D eigenvalue weighted by Gasteiger charge is -2.08. The molecule has 0 amide bonds. The number of halogens is 4. The number of rotatable bonds is 5. The van der Waals surface area contributed by atoms with Crippen molar-refractivity contribution in [2.24, 2.45) is 0 Å². The minimum absolute atomic E-state index is 0.00127. The second kappa shape index (κ2) is 7.04. The van der Waals surface area contributed by atoms with Crippen molar-refractivity contribution in [3.63, 3.8) is 0 Å². The highest BCUT2D eigenvalue weighted by atomic mass is 79.9. The van der Waals surface area contributed by atoms with Crippen LogP contribution in [0.15, 0.2) is 47.1 Å². The minimum Gasteiger partial charge on any atom is -0.433 e. The maximum Gasteiger partial charge on any atom is 0.387 e. The summed E-state index contributed by atoms with van der Waals surface area (Å²) in [5.74, 6) is 0.168. The van der Waals surface area contributed by atoms with E-state index in [1.807, 2.05) is 6.07 Å². The van der Waals surface area contributed by atoms with Crippen LogP contribution >= 0.6 is 15.9 Å². The quantitative estimate of drug-likeness (QED) is 0.674. The number of ether oxygens (including phenoxy) is 1. The highest BCUT2D eigenvalue weighted by Crippen LogP contribution is 2.23. The van der Waals surface area contributed by atoms with Gasteiger partial charge in [-0.25, -0.2) is 9.37 Å². The second-order valence-electron chi connectivity index (χ2n) is 4.87. The topological polar surface area (TPSA) is 47.0 Å². The first-order valence-corrected chi connectivity index (χ1v) is 7.70. The molecule has 8 heteroatoms. The normalized spacial score (nSPS) is 11.0. The zero-order chi connectivity index (χ0) is 17.1. The number of aromatic nitrogens is 2. The van der Waals surface area contributed by atoms with Crippen LogP contribution in [0.2, 0.25) is 0 Å². The fourth-order valence-electron chi connectivity index (χ4n) is 2.09. The predicted octanol–water partition coefficient (Wildman–Crippen LogP) is 4.74. The summed E-state index contributed by atoms with van der Waals surface area (Å²) in [7, 11) is 0. The van der Waals surface area contributed by atoms with E-state index in [9.17, 15) is 13.2 Å². The highest BCUT2D eigenvalue weighted by molar-refractivity contribution is 9.10.